The highest BCUT2D eigenvalue weighted by Gasteiger charge is 2.33. The zero-order chi connectivity index (χ0) is 32.0. The first kappa shape index (κ1) is 32.6. The van der Waals surface area contributed by atoms with Crippen LogP contribution in [0.3, 0.4) is 0 Å². The van der Waals surface area contributed by atoms with Crippen LogP contribution in [0.2, 0.25) is 0 Å². The molecule has 1 fully saturated rings. The van der Waals surface area contributed by atoms with Gasteiger partial charge in [0.05, 0.1) is 22.6 Å². The summed E-state index contributed by atoms with van der Waals surface area (Å²) in [5, 5.41) is 8.58. The van der Waals surface area contributed by atoms with Gasteiger partial charge in [0.1, 0.15) is 11.9 Å². The Hall–Kier alpha value is -4.35. The number of carbonyl (C=O) groups is 3. The van der Waals surface area contributed by atoms with Crippen LogP contribution in [0, 0.1) is 6.92 Å². The predicted octanol–water partition coefficient (Wildman–Crippen LogP) is 5.45. The van der Waals surface area contributed by atoms with E-state index in [1.54, 1.807) is 19.1 Å². The summed E-state index contributed by atoms with van der Waals surface area (Å²) < 4.78 is 41.3. The molecule has 236 valence electrons. The Balaban J connectivity index is 1.56. The standard InChI is InChI=1S/C32H39F3N6O3/c1-5-21(15-22(6-2)32(33,34)35)17-36-29(43)10-8-9-28-20(4)38-30-25-16-24(40-14-13-23(18-40)37-19-42)11-12-26(25)39-31(44)27(7-3)41(28)30/h6,8-9,11-12,15-16,19,23,27H,5,7,10,13-14,17-18H2,1-4H3,(H,36,43)(H,37,42)(H,39,44)/b9-8-,21-15+,22-6+. The number of carbonyl (C=O) groups excluding carboxylic acids is 3. The summed E-state index contributed by atoms with van der Waals surface area (Å²) in [7, 11) is 0. The molecule has 3 amide bonds. The molecule has 2 atom stereocenters. The van der Waals surface area contributed by atoms with E-state index >= 15 is 0 Å². The Bertz CT molecular complexity index is 1490. The van der Waals surface area contributed by atoms with Crippen LogP contribution in [0.1, 0.15) is 63.9 Å². The number of hydrogen-bond acceptors (Lipinski definition) is 5. The smallest absolute Gasteiger partial charge is 0.369 e. The number of benzene rings is 1. The summed E-state index contributed by atoms with van der Waals surface area (Å²) in [5.74, 6) is 0.132. The lowest BCUT2D eigenvalue weighted by atomic mass is 10.1. The van der Waals surface area contributed by atoms with Crippen molar-refractivity contribution in [3.63, 3.8) is 0 Å². The molecule has 1 saturated heterocycles. The number of amides is 3. The third kappa shape index (κ3) is 7.23. The molecule has 0 bridgehead atoms. The highest BCUT2D eigenvalue weighted by molar-refractivity contribution is 6.00. The average molecular weight is 613 g/mol. The molecule has 0 spiro atoms. The molecule has 0 radical (unpaired) electrons. The molecule has 2 aliphatic heterocycles. The molecular formula is C32H39F3N6O3. The van der Waals surface area contributed by atoms with Crippen LogP contribution >= 0.6 is 0 Å². The lowest BCUT2D eigenvalue weighted by Gasteiger charge is -2.20. The second-order valence-corrected chi connectivity index (χ2v) is 10.9. The Labute approximate surface area is 255 Å². The number of halogens is 3. The van der Waals surface area contributed by atoms with Gasteiger partial charge in [-0.3, -0.25) is 14.4 Å². The summed E-state index contributed by atoms with van der Waals surface area (Å²) in [6, 6.07) is 5.38. The molecule has 12 heteroatoms. The Morgan fingerprint density at radius 2 is 2.02 bits per heavy atom. The average Bonchev–Trinajstić information content (AvgIpc) is 3.55. The molecule has 4 rings (SSSR count). The van der Waals surface area contributed by atoms with Crippen molar-refractivity contribution in [2.75, 3.05) is 29.9 Å². The predicted molar refractivity (Wildman–Crippen MR) is 165 cm³/mol. The lowest BCUT2D eigenvalue weighted by Crippen LogP contribution is -2.31. The topological polar surface area (TPSA) is 108 Å². The lowest BCUT2D eigenvalue weighted by molar-refractivity contribution is -0.120. The van der Waals surface area contributed by atoms with E-state index in [1.165, 1.54) is 6.92 Å². The Kier molecular flexibility index (Phi) is 10.3. The summed E-state index contributed by atoms with van der Waals surface area (Å²) in [6.07, 6.45) is 3.51. The van der Waals surface area contributed by atoms with Gasteiger partial charge in [0.2, 0.25) is 18.2 Å². The van der Waals surface area contributed by atoms with E-state index in [0.29, 0.717) is 47.9 Å². The molecule has 44 heavy (non-hydrogen) atoms. The van der Waals surface area contributed by atoms with E-state index in [-0.39, 0.29) is 30.8 Å². The normalized spacial score (nSPS) is 19.0. The van der Waals surface area contributed by atoms with Crippen molar-refractivity contribution in [2.24, 2.45) is 0 Å². The fourth-order valence-corrected chi connectivity index (χ4v) is 5.60. The van der Waals surface area contributed by atoms with Crippen LogP contribution < -0.4 is 20.9 Å². The fraction of sp³-hybridized carbons (Fsp3) is 0.438. The highest BCUT2D eigenvalue weighted by Crippen LogP contribution is 2.39. The van der Waals surface area contributed by atoms with Gasteiger partial charge in [0.25, 0.3) is 0 Å². The van der Waals surface area contributed by atoms with Crippen LogP contribution in [0.15, 0.2) is 47.6 Å². The van der Waals surface area contributed by atoms with E-state index < -0.39 is 17.8 Å². The van der Waals surface area contributed by atoms with Crippen LogP contribution in [0.4, 0.5) is 24.5 Å². The number of nitrogens with zero attached hydrogens (tertiary/aromatic N) is 3. The number of nitrogens with one attached hydrogen (secondary N) is 3. The number of fused-ring (bicyclic) bond motifs is 3. The van der Waals surface area contributed by atoms with Crippen LogP contribution in [-0.2, 0) is 14.4 Å². The quantitative estimate of drug-likeness (QED) is 0.231. The number of hydrogen-bond donors (Lipinski definition) is 3. The monoisotopic (exact) mass is 612 g/mol. The molecule has 2 aromatic rings. The number of aryl methyl sites for hydroxylation is 1. The minimum Gasteiger partial charge on any atom is -0.369 e. The van der Waals surface area contributed by atoms with Crippen molar-refractivity contribution in [2.45, 2.75) is 71.6 Å². The van der Waals surface area contributed by atoms with Gasteiger partial charge in [-0.2, -0.15) is 13.2 Å². The van der Waals surface area contributed by atoms with Gasteiger partial charge in [-0.15, -0.1) is 0 Å². The molecule has 2 aliphatic rings. The highest BCUT2D eigenvalue weighted by atomic mass is 19.4. The van der Waals surface area contributed by atoms with Crippen molar-refractivity contribution in [1.82, 2.24) is 20.2 Å². The van der Waals surface area contributed by atoms with E-state index in [9.17, 15) is 27.6 Å². The van der Waals surface area contributed by atoms with Gasteiger partial charge in [-0.05, 0) is 63.5 Å². The largest absolute Gasteiger partial charge is 0.416 e. The number of aromatic nitrogens is 2. The van der Waals surface area contributed by atoms with Crippen molar-refractivity contribution in [3.05, 3.63) is 59.0 Å². The second kappa shape index (κ2) is 14.0. The number of imidazole rings is 1. The molecule has 9 nitrogen and oxygen atoms in total. The van der Waals surface area contributed by atoms with Gasteiger partial charge in [0, 0.05) is 43.3 Å². The van der Waals surface area contributed by atoms with Crippen molar-refractivity contribution in [1.29, 1.82) is 0 Å². The van der Waals surface area contributed by atoms with E-state index in [1.807, 2.05) is 36.6 Å². The first-order valence-corrected chi connectivity index (χ1v) is 14.9. The maximum atomic E-state index is 13.3. The van der Waals surface area contributed by atoms with Crippen LogP contribution in [-0.4, -0.2) is 59.6 Å². The van der Waals surface area contributed by atoms with Gasteiger partial charge in [-0.1, -0.05) is 31.6 Å². The van der Waals surface area contributed by atoms with E-state index in [4.69, 9.17) is 4.98 Å². The first-order chi connectivity index (χ1) is 21.0. The molecule has 0 saturated carbocycles. The molecule has 1 aromatic heterocycles. The summed E-state index contributed by atoms with van der Waals surface area (Å²) in [4.78, 5) is 43.9. The van der Waals surface area contributed by atoms with Crippen molar-refractivity contribution in [3.8, 4) is 11.4 Å². The van der Waals surface area contributed by atoms with Gasteiger partial charge >= 0.3 is 6.18 Å². The Morgan fingerprint density at radius 3 is 2.68 bits per heavy atom. The second-order valence-electron chi connectivity index (χ2n) is 10.9. The van der Waals surface area contributed by atoms with Crippen LogP contribution in [0.25, 0.3) is 17.5 Å². The van der Waals surface area contributed by atoms with Gasteiger partial charge in [-0.25, -0.2) is 4.98 Å². The van der Waals surface area contributed by atoms with Gasteiger partial charge in [0.15, 0.2) is 0 Å². The maximum absolute atomic E-state index is 13.3. The molecule has 3 heterocycles. The molecule has 3 N–H and O–H groups in total. The zero-order valence-electron chi connectivity index (χ0n) is 25.4. The number of alkyl halides is 3. The third-order valence-corrected chi connectivity index (χ3v) is 8.04. The number of allylic oxidation sites excluding steroid dienone is 3. The van der Waals surface area contributed by atoms with Crippen molar-refractivity contribution >= 4 is 35.7 Å². The van der Waals surface area contributed by atoms with E-state index in [0.717, 1.165) is 42.8 Å². The maximum Gasteiger partial charge on any atom is 0.416 e. The SMILES string of the molecule is C/C=C(\C=C(/CC)CNC(=O)C/C=C\c1c(C)nc2n1C(CC)C(=O)Nc1ccc(N3CCC(NC=O)C3)cc1-2)C(F)(F)F. The summed E-state index contributed by atoms with van der Waals surface area (Å²) >= 11 is 0. The minimum atomic E-state index is -4.45. The zero-order valence-corrected chi connectivity index (χ0v) is 25.4. The Morgan fingerprint density at radius 1 is 1.25 bits per heavy atom. The number of rotatable bonds is 11. The molecular weight excluding hydrogens is 573 g/mol. The number of anilines is 2. The fourth-order valence-electron chi connectivity index (χ4n) is 5.60. The van der Waals surface area contributed by atoms with E-state index in [2.05, 4.69) is 20.9 Å². The first-order valence-electron chi connectivity index (χ1n) is 14.9. The summed E-state index contributed by atoms with van der Waals surface area (Å²) in [5.41, 5.74) is 3.50. The minimum absolute atomic E-state index is 0.00136. The van der Waals surface area contributed by atoms with Crippen molar-refractivity contribution < 1.29 is 27.6 Å². The molecule has 2 unspecified atom stereocenters. The summed E-state index contributed by atoms with van der Waals surface area (Å²) in [6.45, 7) is 8.32. The molecule has 0 aliphatic carbocycles. The third-order valence-electron chi connectivity index (χ3n) is 8.04. The molecule has 1 aromatic carbocycles. The van der Waals surface area contributed by atoms with Gasteiger partial charge < -0.3 is 25.4 Å². The van der Waals surface area contributed by atoms with Crippen LogP contribution in [0.5, 0.6) is 0 Å².